The van der Waals surface area contributed by atoms with Gasteiger partial charge in [-0.15, -0.1) is 0 Å². The van der Waals surface area contributed by atoms with E-state index in [1.807, 2.05) is 6.92 Å². The Bertz CT molecular complexity index is 355. The largest absolute Gasteiger partial charge is 0.480 e. The average molecular weight is 268 g/mol. The molecular weight excluding hydrogens is 244 g/mol. The van der Waals surface area contributed by atoms with Gasteiger partial charge in [0.25, 0.3) is 0 Å². The van der Waals surface area contributed by atoms with Crippen molar-refractivity contribution in [2.75, 3.05) is 6.54 Å². The normalized spacial score (nSPS) is 28.8. The van der Waals surface area contributed by atoms with E-state index in [4.69, 9.17) is 0 Å². The third-order valence-electron chi connectivity index (χ3n) is 4.26. The number of carboxylic acids is 1. The molecule has 0 bridgehead atoms. The molecule has 0 aromatic carbocycles. The Morgan fingerprint density at radius 3 is 2.53 bits per heavy atom. The van der Waals surface area contributed by atoms with Gasteiger partial charge in [-0.2, -0.15) is 0 Å². The molecule has 3 atom stereocenters. The van der Waals surface area contributed by atoms with Gasteiger partial charge in [0.15, 0.2) is 0 Å². The summed E-state index contributed by atoms with van der Waals surface area (Å²) >= 11 is 0. The van der Waals surface area contributed by atoms with E-state index in [0.717, 1.165) is 32.2 Å². The van der Waals surface area contributed by atoms with E-state index < -0.39 is 12.0 Å². The van der Waals surface area contributed by atoms with Crippen molar-refractivity contribution >= 4 is 12.0 Å². The molecule has 1 aliphatic heterocycles. The highest BCUT2D eigenvalue weighted by molar-refractivity contribution is 5.82. The molecule has 0 spiro atoms. The summed E-state index contributed by atoms with van der Waals surface area (Å²) in [6.45, 7) is 4.95. The molecule has 0 radical (unpaired) electrons. The minimum Gasteiger partial charge on any atom is -0.480 e. The molecule has 2 unspecified atom stereocenters. The van der Waals surface area contributed by atoms with E-state index in [9.17, 15) is 14.7 Å². The summed E-state index contributed by atoms with van der Waals surface area (Å²) < 4.78 is 0. The number of likely N-dealkylation sites (tertiary alicyclic amines) is 1. The second kappa shape index (κ2) is 5.80. The van der Waals surface area contributed by atoms with Crippen molar-refractivity contribution in [3.05, 3.63) is 0 Å². The number of carbonyl (C=O) groups excluding carboxylic acids is 1. The zero-order valence-electron chi connectivity index (χ0n) is 11.8. The van der Waals surface area contributed by atoms with E-state index in [1.165, 1.54) is 0 Å². The molecule has 0 aromatic rings. The fourth-order valence-electron chi connectivity index (χ4n) is 2.85. The van der Waals surface area contributed by atoms with Crippen molar-refractivity contribution in [1.29, 1.82) is 0 Å². The molecule has 1 saturated carbocycles. The third-order valence-corrected chi connectivity index (χ3v) is 4.26. The first-order valence-corrected chi connectivity index (χ1v) is 7.27. The van der Waals surface area contributed by atoms with Crippen LogP contribution < -0.4 is 5.32 Å². The summed E-state index contributed by atoms with van der Waals surface area (Å²) in [4.78, 5) is 25.1. The van der Waals surface area contributed by atoms with Crippen molar-refractivity contribution < 1.29 is 14.7 Å². The maximum atomic E-state index is 12.2. The number of aliphatic carboxylic acids is 1. The first-order valence-electron chi connectivity index (χ1n) is 7.27. The maximum absolute atomic E-state index is 12.2. The highest BCUT2D eigenvalue weighted by atomic mass is 16.4. The molecule has 1 heterocycles. The zero-order chi connectivity index (χ0) is 14.0. The Balaban J connectivity index is 1.88. The van der Waals surface area contributed by atoms with Gasteiger partial charge < -0.3 is 15.3 Å². The number of piperidine rings is 1. The van der Waals surface area contributed by atoms with Gasteiger partial charge in [0.05, 0.1) is 0 Å². The molecule has 0 aromatic heterocycles. The number of nitrogens with one attached hydrogen (secondary N) is 1. The van der Waals surface area contributed by atoms with Crippen LogP contribution in [0.15, 0.2) is 0 Å². The van der Waals surface area contributed by atoms with Crippen molar-refractivity contribution in [1.82, 2.24) is 10.2 Å². The summed E-state index contributed by atoms with van der Waals surface area (Å²) in [5.74, 6) is 0.208. The molecule has 2 fully saturated rings. The third kappa shape index (κ3) is 3.85. The number of carbonyl (C=O) groups is 2. The number of rotatable bonds is 4. The SMILES string of the molecule is CC1CCN(C(=O)N[C@@H](CC2CC2)C(=O)O)C(C)C1. The smallest absolute Gasteiger partial charge is 0.326 e. The van der Waals surface area contributed by atoms with Crippen LogP contribution in [0.5, 0.6) is 0 Å². The van der Waals surface area contributed by atoms with Crippen LogP contribution >= 0.6 is 0 Å². The zero-order valence-corrected chi connectivity index (χ0v) is 11.8. The molecular formula is C14H24N2O3. The monoisotopic (exact) mass is 268 g/mol. The maximum Gasteiger partial charge on any atom is 0.326 e. The molecule has 2 rings (SSSR count). The minimum absolute atomic E-state index is 0.194. The second-order valence-corrected chi connectivity index (χ2v) is 6.19. The highest BCUT2D eigenvalue weighted by Crippen LogP contribution is 2.33. The lowest BCUT2D eigenvalue weighted by Gasteiger charge is -2.37. The van der Waals surface area contributed by atoms with Gasteiger partial charge in [0, 0.05) is 12.6 Å². The van der Waals surface area contributed by atoms with Crippen LogP contribution in [0.2, 0.25) is 0 Å². The Hall–Kier alpha value is -1.26. The quantitative estimate of drug-likeness (QED) is 0.820. The lowest BCUT2D eigenvalue weighted by Crippen LogP contribution is -2.53. The summed E-state index contributed by atoms with van der Waals surface area (Å²) in [5.41, 5.74) is 0. The lowest BCUT2D eigenvalue weighted by molar-refractivity contribution is -0.139. The minimum atomic E-state index is -0.918. The predicted octanol–water partition coefficient (Wildman–Crippen LogP) is 2.07. The van der Waals surface area contributed by atoms with Crippen molar-refractivity contribution in [2.24, 2.45) is 11.8 Å². The highest BCUT2D eigenvalue weighted by Gasteiger charge is 2.33. The van der Waals surface area contributed by atoms with Crippen LogP contribution in [0.3, 0.4) is 0 Å². The van der Waals surface area contributed by atoms with Gasteiger partial charge in [0.2, 0.25) is 0 Å². The van der Waals surface area contributed by atoms with Crippen LogP contribution in [0.1, 0.15) is 46.0 Å². The molecule has 2 N–H and O–H groups in total. The summed E-state index contributed by atoms with van der Waals surface area (Å²) in [6.07, 6.45) is 4.75. The summed E-state index contributed by atoms with van der Waals surface area (Å²) in [7, 11) is 0. The molecule has 1 aliphatic carbocycles. The number of hydrogen-bond donors (Lipinski definition) is 2. The Morgan fingerprint density at radius 2 is 2.00 bits per heavy atom. The van der Waals surface area contributed by atoms with Crippen LogP contribution in [0, 0.1) is 11.8 Å². The van der Waals surface area contributed by atoms with E-state index in [-0.39, 0.29) is 12.1 Å². The number of nitrogens with zero attached hydrogens (tertiary/aromatic N) is 1. The van der Waals surface area contributed by atoms with Crippen molar-refractivity contribution in [3.8, 4) is 0 Å². The van der Waals surface area contributed by atoms with E-state index in [2.05, 4.69) is 12.2 Å². The van der Waals surface area contributed by atoms with Gasteiger partial charge in [-0.1, -0.05) is 19.8 Å². The van der Waals surface area contributed by atoms with Crippen LogP contribution in [-0.2, 0) is 4.79 Å². The molecule has 5 nitrogen and oxygen atoms in total. The number of amides is 2. The predicted molar refractivity (Wildman–Crippen MR) is 71.9 cm³/mol. The lowest BCUT2D eigenvalue weighted by atomic mass is 9.94. The van der Waals surface area contributed by atoms with E-state index >= 15 is 0 Å². The van der Waals surface area contributed by atoms with Gasteiger partial charge in [0.1, 0.15) is 6.04 Å². The van der Waals surface area contributed by atoms with Crippen LogP contribution in [0.4, 0.5) is 4.79 Å². The number of carboxylic acid groups (broad SMARTS) is 1. The molecule has 108 valence electrons. The van der Waals surface area contributed by atoms with Gasteiger partial charge in [-0.25, -0.2) is 9.59 Å². The molecule has 1 saturated heterocycles. The van der Waals surface area contributed by atoms with Gasteiger partial charge in [-0.05, 0) is 38.0 Å². The fraction of sp³-hybridized carbons (Fsp3) is 0.857. The Labute approximate surface area is 114 Å². The van der Waals surface area contributed by atoms with Crippen LogP contribution in [-0.4, -0.2) is 40.6 Å². The van der Waals surface area contributed by atoms with E-state index in [0.29, 0.717) is 18.3 Å². The summed E-state index contributed by atoms with van der Waals surface area (Å²) in [5, 5.41) is 11.9. The average Bonchev–Trinajstić information content (AvgIpc) is 3.11. The summed E-state index contributed by atoms with van der Waals surface area (Å²) in [6, 6.07) is -0.752. The number of urea groups is 1. The number of hydrogen-bond acceptors (Lipinski definition) is 2. The van der Waals surface area contributed by atoms with Crippen molar-refractivity contribution in [3.63, 3.8) is 0 Å². The topological polar surface area (TPSA) is 69.6 Å². The fourth-order valence-corrected chi connectivity index (χ4v) is 2.85. The van der Waals surface area contributed by atoms with E-state index in [1.54, 1.807) is 4.90 Å². The standard InChI is InChI=1S/C14H24N2O3/c1-9-5-6-16(10(2)7-9)14(19)15-12(13(17)18)8-11-3-4-11/h9-12H,3-8H2,1-2H3,(H,15,19)(H,17,18)/t9?,10?,12-/m0/s1. The Morgan fingerprint density at radius 1 is 1.32 bits per heavy atom. The molecule has 2 aliphatic rings. The molecule has 2 amide bonds. The van der Waals surface area contributed by atoms with Crippen molar-refractivity contribution in [2.45, 2.75) is 58.0 Å². The van der Waals surface area contributed by atoms with Gasteiger partial charge in [-0.3, -0.25) is 0 Å². The first kappa shape index (κ1) is 14.2. The molecule has 19 heavy (non-hydrogen) atoms. The van der Waals surface area contributed by atoms with Crippen LogP contribution in [0.25, 0.3) is 0 Å². The van der Waals surface area contributed by atoms with Gasteiger partial charge >= 0.3 is 12.0 Å². The molecule has 5 heteroatoms. The second-order valence-electron chi connectivity index (χ2n) is 6.19. The first-order chi connectivity index (χ1) is 8.97. The Kier molecular flexibility index (Phi) is 4.32.